The number of aromatic amines is 1. The lowest BCUT2D eigenvalue weighted by Crippen LogP contribution is -2.42. The number of aromatic nitrogens is 4. The zero-order valence-corrected chi connectivity index (χ0v) is 16.6. The van der Waals surface area contributed by atoms with Crippen molar-refractivity contribution in [2.24, 2.45) is 5.92 Å². The van der Waals surface area contributed by atoms with Crippen LogP contribution in [0.5, 0.6) is 0 Å². The smallest absolute Gasteiger partial charge is 0.225 e. The monoisotopic (exact) mass is 387 g/mol. The van der Waals surface area contributed by atoms with Crippen LogP contribution >= 0.6 is 0 Å². The minimum atomic E-state index is -0.0527. The van der Waals surface area contributed by atoms with Gasteiger partial charge in [-0.15, -0.1) is 10.2 Å². The molecule has 1 saturated heterocycles. The van der Waals surface area contributed by atoms with Gasteiger partial charge in [0.1, 0.15) is 5.82 Å². The van der Waals surface area contributed by atoms with Gasteiger partial charge in [0.25, 0.3) is 0 Å². The average Bonchev–Trinajstić information content (AvgIpc) is 3.38. The molecule has 3 aromatic heterocycles. The molecule has 1 fully saturated rings. The Bertz CT molecular complexity index is 1160. The van der Waals surface area contributed by atoms with Crippen molar-refractivity contribution in [3.05, 3.63) is 66.2 Å². The second-order valence-electron chi connectivity index (χ2n) is 8.08. The fraction of sp³-hybridized carbons (Fsp3) is 0.348. The van der Waals surface area contributed by atoms with Gasteiger partial charge in [0.15, 0.2) is 5.65 Å². The molecule has 29 heavy (non-hydrogen) atoms. The maximum absolute atomic E-state index is 13.2. The van der Waals surface area contributed by atoms with E-state index in [4.69, 9.17) is 0 Å². The van der Waals surface area contributed by atoms with E-state index in [0.717, 1.165) is 42.8 Å². The normalized spacial score (nSPS) is 18.4. The molecule has 0 bridgehead atoms. The summed E-state index contributed by atoms with van der Waals surface area (Å²) in [6.07, 6.45) is 6.83. The molecular weight excluding hydrogens is 362 g/mol. The molecule has 0 spiro atoms. The number of hydrogen-bond donors (Lipinski definition) is 1. The van der Waals surface area contributed by atoms with E-state index in [1.807, 2.05) is 58.9 Å². The number of amides is 1. The molecule has 0 unspecified atom stereocenters. The molecule has 4 aromatic rings. The number of likely N-dealkylation sites (tertiary alicyclic amines) is 1. The van der Waals surface area contributed by atoms with Crippen molar-refractivity contribution in [3.8, 4) is 0 Å². The number of carbonyl (C=O) groups is 1. The van der Waals surface area contributed by atoms with Crippen LogP contribution in [0, 0.1) is 5.92 Å². The molecule has 1 aliphatic rings. The zero-order chi connectivity index (χ0) is 19.8. The number of fused-ring (bicyclic) bond motifs is 2. The number of pyridine rings is 1. The predicted octanol–water partition coefficient (Wildman–Crippen LogP) is 3.80. The van der Waals surface area contributed by atoms with E-state index < -0.39 is 0 Å². The summed E-state index contributed by atoms with van der Waals surface area (Å²) in [7, 11) is 0. The standard InChI is InChI=1S/C23H25N5O/c1-16(13-18-14-24-20-9-3-2-8-19(18)20)23(29)27-11-6-7-17(15-27)22-26-25-21-10-4-5-12-28(21)22/h2-5,8-10,12,14,16-17,24H,6-7,11,13,15H2,1H3/t16-,17-/m0/s1. The van der Waals surface area contributed by atoms with Crippen LogP contribution in [0.2, 0.25) is 0 Å². The summed E-state index contributed by atoms with van der Waals surface area (Å²) < 4.78 is 2.05. The van der Waals surface area contributed by atoms with Gasteiger partial charge in [0.2, 0.25) is 5.91 Å². The number of nitrogens with one attached hydrogen (secondary N) is 1. The first-order chi connectivity index (χ1) is 14.2. The second-order valence-corrected chi connectivity index (χ2v) is 8.08. The first kappa shape index (κ1) is 17.9. The van der Waals surface area contributed by atoms with E-state index in [2.05, 4.69) is 27.3 Å². The highest BCUT2D eigenvalue weighted by molar-refractivity contribution is 5.84. The van der Waals surface area contributed by atoms with Crippen molar-refractivity contribution < 1.29 is 4.79 Å². The van der Waals surface area contributed by atoms with Crippen LogP contribution in [-0.4, -0.2) is 43.5 Å². The number of benzene rings is 1. The van der Waals surface area contributed by atoms with Crippen LogP contribution in [0.1, 0.15) is 37.1 Å². The summed E-state index contributed by atoms with van der Waals surface area (Å²) in [6, 6.07) is 14.2. The molecule has 4 heterocycles. The van der Waals surface area contributed by atoms with Crippen molar-refractivity contribution >= 4 is 22.5 Å². The van der Waals surface area contributed by atoms with Gasteiger partial charge in [-0.05, 0) is 43.0 Å². The molecule has 0 radical (unpaired) electrons. The number of piperidine rings is 1. The Morgan fingerprint density at radius 3 is 3.00 bits per heavy atom. The highest BCUT2D eigenvalue weighted by Crippen LogP contribution is 2.28. The quantitative estimate of drug-likeness (QED) is 0.579. The molecule has 148 valence electrons. The number of H-pyrrole nitrogens is 1. The fourth-order valence-electron chi connectivity index (χ4n) is 4.56. The van der Waals surface area contributed by atoms with Gasteiger partial charge in [-0.1, -0.05) is 31.2 Å². The second kappa shape index (κ2) is 7.35. The Balaban J connectivity index is 1.31. The van der Waals surface area contributed by atoms with Crippen molar-refractivity contribution in [1.29, 1.82) is 0 Å². The summed E-state index contributed by atoms with van der Waals surface area (Å²) in [5.41, 5.74) is 3.19. The van der Waals surface area contributed by atoms with Gasteiger partial charge in [-0.2, -0.15) is 0 Å². The largest absolute Gasteiger partial charge is 0.361 e. The summed E-state index contributed by atoms with van der Waals surface area (Å²) in [5, 5.41) is 9.91. The number of nitrogens with zero attached hydrogens (tertiary/aromatic N) is 4. The Morgan fingerprint density at radius 1 is 1.21 bits per heavy atom. The molecule has 0 saturated carbocycles. The topological polar surface area (TPSA) is 66.3 Å². The third-order valence-corrected chi connectivity index (χ3v) is 6.06. The van der Waals surface area contributed by atoms with Gasteiger partial charge in [-0.25, -0.2) is 0 Å². The molecule has 1 aliphatic heterocycles. The summed E-state index contributed by atoms with van der Waals surface area (Å²) in [5.74, 6) is 1.37. The Kier molecular flexibility index (Phi) is 4.54. The summed E-state index contributed by atoms with van der Waals surface area (Å²) in [6.45, 7) is 3.58. The Morgan fingerprint density at radius 2 is 2.07 bits per heavy atom. The van der Waals surface area contributed by atoms with E-state index in [-0.39, 0.29) is 17.7 Å². The van der Waals surface area contributed by atoms with E-state index in [1.54, 1.807) is 0 Å². The third-order valence-electron chi connectivity index (χ3n) is 6.06. The minimum absolute atomic E-state index is 0.0527. The molecule has 1 N–H and O–H groups in total. The van der Waals surface area contributed by atoms with Gasteiger partial charge >= 0.3 is 0 Å². The van der Waals surface area contributed by atoms with Gasteiger partial charge in [0.05, 0.1) is 0 Å². The van der Waals surface area contributed by atoms with Crippen LogP contribution in [0.3, 0.4) is 0 Å². The van der Waals surface area contributed by atoms with E-state index >= 15 is 0 Å². The Hall–Kier alpha value is -3.15. The lowest BCUT2D eigenvalue weighted by Gasteiger charge is -2.33. The van der Waals surface area contributed by atoms with Gasteiger partial charge < -0.3 is 9.88 Å². The van der Waals surface area contributed by atoms with E-state index in [0.29, 0.717) is 6.54 Å². The minimum Gasteiger partial charge on any atom is -0.361 e. The lowest BCUT2D eigenvalue weighted by molar-refractivity contribution is -0.136. The first-order valence-electron chi connectivity index (χ1n) is 10.3. The van der Waals surface area contributed by atoms with Gasteiger partial charge in [-0.3, -0.25) is 9.20 Å². The van der Waals surface area contributed by atoms with Crippen molar-refractivity contribution in [3.63, 3.8) is 0 Å². The molecule has 2 atom stereocenters. The average molecular weight is 387 g/mol. The third kappa shape index (κ3) is 3.28. The van der Waals surface area contributed by atoms with Crippen molar-refractivity contribution in [1.82, 2.24) is 24.5 Å². The van der Waals surface area contributed by atoms with Crippen LogP contribution in [-0.2, 0) is 11.2 Å². The van der Waals surface area contributed by atoms with Crippen LogP contribution in [0.4, 0.5) is 0 Å². The summed E-state index contributed by atoms with van der Waals surface area (Å²) >= 11 is 0. The SMILES string of the molecule is C[C@@H](Cc1c[nH]c2ccccc12)C(=O)N1CCC[C@H](c2nnc3ccccn23)C1. The maximum Gasteiger partial charge on any atom is 0.225 e. The molecule has 6 nitrogen and oxygen atoms in total. The maximum atomic E-state index is 13.2. The highest BCUT2D eigenvalue weighted by atomic mass is 16.2. The van der Waals surface area contributed by atoms with Crippen LogP contribution in [0.25, 0.3) is 16.6 Å². The molecule has 1 aromatic carbocycles. The fourth-order valence-corrected chi connectivity index (χ4v) is 4.56. The molecule has 1 amide bonds. The number of carbonyl (C=O) groups excluding carboxylic acids is 1. The first-order valence-corrected chi connectivity index (χ1v) is 10.3. The Labute approximate surface area is 169 Å². The zero-order valence-electron chi connectivity index (χ0n) is 16.6. The predicted molar refractivity (Wildman–Crippen MR) is 113 cm³/mol. The van der Waals surface area contributed by atoms with Crippen molar-refractivity contribution in [2.45, 2.75) is 32.1 Å². The highest BCUT2D eigenvalue weighted by Gasteiger charge is 2.30. The molecule has 0 aliphatic carbocycles. The van der Waals surface area contributed by atoms with Crippen molar-refractivity contribution in [2.75, 3.05) is 13.1 Å². The van der Waals surface area contributed by atoms with E-state index in [1.165, 1.54) is 10.9 Å². The molecular formula is C23H25N5O. The van der Waals surface area contributed by atoms with E-state index in [9.17, 15) is 4.79 Å². The molecule has 6 heteroatoms. The van der Waals surface area contributed by atoms with Crippen LogP contribution < -0.4 is 0 Å². The van der Waals surface area contributed by atoms with Gasteiger partial charge in [0, 0.05) is 48.2 Å². The summed E-state index contributed by atoms with van der Waals surface area (Å²) in [4.78, 5) is 18.5. The molecule has 5 rings (SSSR count). The lowest BCUT2D eigenvalue weighted by atomic mass is 9.94. The number of rotatable bonds is 4. The number of hydrogen-bond acceptors (Lipinski definition) is 3. The van der Waals surface area contributed by atoms with Crippen LogP contribution in [0.15, 0.2) is 54.9 Å². The number of para-hydroxylation sites is 1.